The van der Waals surface area contributed by atoms with Crippen molar-refractivity contribution in [1.82, 2.24) is 0 Å². The number of hydrogen-bond acceptors (Lipinski definition) is 2. The molecule has 0 aliphatic rings. The van der Waals surface area contributed by atoms with E-state index in [4.69, 9.17) is 0 Å². The van der Waals surface area contributed by atoms with Crippen molar-refractivity contribution in [3.63, 3.8) is 0 Å². The van der Waals surface area contributed by atoms with Crippen LogP contribution < -0.4 is 0 Å². The van der Waals surface area contributed by atoms with Crippen molar-refractivity contribution < 1.29 is 0 Å². The highest BCUT2D eigenvalue weighted by Crippen LogP contribution is 2.41. The molecule has 2 rings (SSSR count). The fraction of sp³-hybridized carbons (Fsp3) is 0.571. The van der Waals surface area contributed by atoms with Gasteiger partial charge in [-0.1, -0.05) is 136 Å². The fourth-order valence-corrected chi connectivity index (χ4v) is 6.38. The first-order valence-corrected chi connectivity index (χ1v) is 14.5. The number of hydrogen-bond donors (Lipinski definition) is 0. The molecule has 2 aromatic rings. The van der Waals surface area contributed by atoms with E-state index < -0.39 is 0 Å². The van der Waals surface area contributed by atoms with E-state index >= 15 is 0 Å². The third-order valence-corrected chi connectivity index (χ3v) is 8.33. The van der Waals surface area contributed by atoms with Crippen LogP contribution >= 0.6 is 21.6 Å². The molecule has 0 spiro atoms. The Morgan fingerprint density at radius 1 is 0.467 bits per heavy atom. The maximum Gasteiger partial charge on any atom is 0.0218 e. The lowest BCUT2D eigenvalue weighted by Gasteiger charge is -2.11. The molecule has 0 aliphatic heterocycles. The molecule has 0 saturated heterocycles. The van der Waals surface area contributed by atoms with Crippen LogP contribution in [0.3, 0.4) is 0 Å². The van der Waals surface area contributed by atoms with Crippen molar-refractivity contribution in [3.05, 3.63) is 59.7 Å². The molecule has 2 aromatic carbocycles. The summed E-state index contributed by atoms with van der Waals surface area (Å²) in [5, 5.41) is 0. The Balaban J connectivity index is 1.81. The molecule has 0 N–H and O–H groups in total. The van der Waals surface area contributed by atoms with E-state index in [1.54, 1.807) is 0 Å². The van der Waals surface area contributed by atoms with Crippen molar-refractivity contribution in [2.45, 2.75) is 114 Å². The second-order valence-electron chi connectivity index (χ2n) is 8.42. The Morgan fingerprint density at radius 3 is 1.27 bits per heavy atom. The minimum atomic E-state index is 1.22. The van der Waals surface area contributed by atoms with Crippen LogP contribution in [0.15, 0.2) is 58.3 Å². The van der Waals surface area contributed by atoms with Gasteiger partial charge < -0.3 is 0 Å². The molecule has 0 amide bonds. The normalized spacial score (nSPS) is 11.1. The molecule has 0 unspecified atom stereocenters. The van der Waals surface area contributed by atoms with Crippen LogP contribution in [-0.2, 0) is 12.8 Å². The van der Waals surface area contributed by atoms with E-state index in [-0.39, 0.29) is 0 Å². The topological polar surface area (TPSA) is 0 Å². The Hall–Kier alpha value is -0.860. The zero-order valence-electron chi connectivity index (χ0n) is 19.3. The summed E-state index contributed by atoms with van der Waals surface area (Å²) in [6.45, 7) is 4.58. The first-order valence-electron chi connectivity index (χ1n) is 12.4. The molecule has 0 radical (unpaired) electrons. The van der Waals surface area contributed by atoms with Crippen LogP contribution in [0.4, 0.5) is 0 Å². The summed E-state index contributed by atoms with van der Waals surface area (Å²) in [5.41, 5.74) is 3.05. The SMILES string of the molecule is CCCCCCCCc1ccccc1SSc1ccccc1CCCCCCCC. The highest BCUT2D eigenvalue weighted by atomic mass is 33.1. The van der Waals surface area contributed by atoms with Crippen LogP contribution in [-0.4, -0.2) is 0 Å². The van der Waals surface area contributed by atoms with Gasteiger partial charge in [-0.2, -0.15) is 0 Å². The first-order chi connectivity index (χ1) is 14.8. The van der Waals surface area contributed by atoms with Gasteiger partial charge in [0, 0.05) is 9.79 Å². The molecule has 0 aliphatic carbocycles. The van der Waals surface area contributed by atoms with Crippen LogP contribution in [0, 0.1) is 0 Å². The summed E-state index contributed by atoms with van der Waals surface area (Å²) in [4.78, 5) is 2.90. The van der Waals surface area contributed by atoms with Gasteiger partial charge >= 0.3 is 0 Å². The summed E-state index contributed by atoms with van der Waals surface area (Å²) in [6.07, 6.45) is 18.8. The van der Waals surface area contributed by atoms with Crippen LogP contribution in [0.1, 0.15) is 102 Å². The van der Waals surface area contributed by atoms with E-state index in [0.717, 1.165) is 0 Å². The van der Waals surface area contributed by atoms with Crippen molar-refractivity contribution in [2.24, 2.45) is 0 Å². The Bertz CT molecular complexity index is 620. The molecule has 0 saturated carbocycles. The van der Waals surface area contributed by atoms with Crippen molar-refractivity contribution in [3.8, 4) is 0 Å². The van der Waals surface area contributed by atoms with Crippen molar-refractivity contribution in [1.29, 1.82) is 0 Å². The molecule has 0 atom stereocenters. The lowest BCUT2D eigenvalue weighted by Crippen LogP contribution is -1.90. The van der Waals surface area contributed by atoms with Crippen molar-refractivity contribution in [2.75, 3.05) is 0 Å². The second-order valence-corrected chi connectivity index (χ2v) is 10.6. The summed E-state index contributed by atoms with van der Waals surface area (Å²) in [7, 11) is 3.91. The molecular formula is C28H42S2. The van der Waals surface area contributed by atoms with Gasteiger partial charge in [-0.15, -0.1) is 0 Å². The lowest BCUT2D eigenvalue weighted by molar-refractivity contribution is 0.606. The van der Waals surface area contributed by atoms with Gasteiger partial charge in [-0.25, -0.2) is 0 Å². The number of rotatable bonds is 17. The van der Waals surface area contributed by atoms with Gasteiger partial charge in [0.1, 0.15) is 0 Å². The monoisotopic (exact) mass is 442 g/mol. The van der Waals surface area contributed by atoms with Gasteiger partial charge in [0.2, 0.25) is 0 Å². The third-order valence-electron chi connectivity index (χ3n) is 5.77. The number of benzene rings is 2. The molecule has 0 fully saturated rings. The summed E-state index contributed by atoms with van der Waals surface area (Å²) in [5.74, 6) is 0. The standard InChI is InChI=1S/C28H42S2/c1-3-5-7-9-11-13-19-25-21-15-17-23-27(25)29-30-28-24-18-16-22-26(28)20-14-12-10-8-6-4-2/h15-18,21-24H,3-14,19-20H2,1-2H3. The molecule has 166 valence electrons. The zero-order valence-corrected chi connectivity index (χ0v) is 21.0. The number of aryl methyl sites for hydroxylation is 2. The smallest absolute Gasteiger partial charge is 0.0218 e. The van der Waals surface area contributed by atoms with Crippen LogP contribution in [0.25, 0.3) is 0 Å². The lowest BCUT2D eigenvalue weighted by atomic mass is 10.1. The number of unbranched alkanes of at least 4 members (excludes halogenated alkanes) is 10. The zero-order chi connectivity index (χ0) is 21.3. The summed E-state index contributed by atoms with van der Waals surface area (Å²) in [6, 6.07) is 18.1. The van der Waals surface area contributed by atoms with Gasteiger partial charge in [0.25, 0.3) is 0 Å². The average molecular weight is 443 g/mol. The first kappa shape index (κ1) is 25.4. The Labute approximate surface area is 194 Å². The quantitative estimate of drug-likeness (QED) is 0.176. The molecular weight excluding hydrogens is 400 g/mol. The van der Waals surface area contributed by atoms with E-state index in [2.05, 4.69) is 62.4 Å². The Kier molecular flexibility index (Phi) is 14.2. The maximum absolute atomic E-state index is 2.33. The highest BCUT2D eigenvalue weighted by Gasteiger charge is 2.07. The minimum Gasteiger partial charge on any atom is -0.0654 e. The van der Waals surface area contributed by atoms with Gasteiger partial charge in [0.05, 0.1) is 0 Å². The van der Waals surface area contributed by atoms with Gasteiger partial charge in [0.15, 0.2) is 0 Å². The molecule has 0 heterocycles. The van der Waals surface area contributed by atoms with E-state index in [0.29, 0.717) is 0 Å². The fourth-order valence-electron chi connectivity index (χ4n) is 3.86. The van der Waals surface area contributed by atoms with E-state index in [9.17, 15) is 0 Å². The third kappa shape index (κ3) is 10.4. The molecule has 30 heavy (non-hydrogen) atoms. The minimum absolute atomic E-state index is 1.22. The largest absolute Gasteiger partial charge is 0.0654 e. The van der Waals surface area contributed by atoms with Crippen LogP contribution in [0.5, 0.6) is 0 Å². The predicted octanol–water partition coefficient (Wildman–Crippen LogP) is 10.3. The Morgan fingerprint density at radius 2 is 0.833 bits per heavy atom. The predicted molar refractivity (Wildman–Crippen MR) is 139 cm³/mol. The molecule has 0 bridgehead atoms. The van der Waals surface area contributed by atoms with E-state index in [1.165, 1.54) is 111 Å². The average Bonchev–Trinajstić information content (AvgIpc) is 2.78. The maximum atomic E-state index is 2.33. The van der Waals surface area contributed by atoms with E-state index in [1.807, 2.05) is 21.6 Å². The summed E-state index contributed by atoms with van der Waals surface area (Å²) < 4.78 is 0. The van der Waals surface area contributed by atoms with Gasteiger partial charge in [-0.05, 0) is 48.9 Å². The van der Waals surface area contributed by atoms with Crippen molar-refractivity contribution >= 4 is 21.6 Å². The summed E-state index contributed by atoms with van der Waals surface area (Å²) >= 11 is 0. The second kappa shape index (κ2) is 16.8. The van der Waals surface area contributed by atoms with Crippen LogP contribution in [0.2, 0.25) is 0 Å². The molecule has 0 aromatic heterocycles. The molecule has 0 nitrogen and oxygen atoms in total. The van der Waals surface area contributed by atoms with Gasteiger partial charge in [-0.3, -0.25) is 0 Å². The highest BCUT2D eigenvalue weighted by molar-refractivity contribution is 8.76. The molecule has 2 heteroatoms.